The average Bonchev–Trinajstić information content (AvgIpc) is 2.64. The van der Waals surface area contributed by atoms with E-state index in [1.807, 2.05) is 43.0 Å². The third kappa shape index (κ3) is 4.20. The fourth-order valence-electron chi connectivity index (χ4n) is 3.27. The number of methoxy groups -OCH3 is 1. The van der Waals surface area contributed by atoms with Crippen molar-refractivity contribution in [3.05, 3.63) is 64.7 Å². The van der Waals surface area contributed by atoms with Crippen LogP contribution in [0.25, 0.3) is 0 Å². The number of hydrogen-bond acceptors (Lipinski definition) is 3. The van der Waals surface area contributed by atoms with Crippen LogP contribution in [0.2, 0.25) is 0 Å². The number of piperazine rings is 1. The molecule has 0 unspecified atom stereocenters. The summed E-state index contributed by atoms with van der Waals surface area (Å²) in [7, 11) is 1.69. The van der Waals surface area contributed by atoms with E-state index in [4.69, 9.17) is 4.74 Å². The van der Waals surface area contributed by atoms with Gasteiger partial charge in [-0.15, -0.1) is 0 Å². The topological polar surface area (TPSA) is 32.8 Å². The van der Waals surface area contributed by atoms with E-state index < -0.39 is 0 Å². The van der Waals surface area contributed by atoms with Crippen molar-refractivity contribution in [1.82, 2.24) is 9.80 Å². The molecule has 2 aromatic carbocycles. The normalized spacial score (nSPS) is 15.2. The predicted octanol–water partition coefficient (Wildman–Crippen LogP) is 3.27. The Balaban J connectivity index is 1.59. The van der Waals surface area contributed by atoms with Crippen LogP contribution in [0.5, 0.6) is 5.75 Å². The van der Waals surface area contributed by atoms with E-state index in [0.29, 0.717) is 0 Å². The average molecular weight is 338 g/mol. The van der Waals surface area contributed by atoms with Gasteiger partial charge in [-0.25, -0.2) is 0 Å². The number of carbonyl (C=O) groups is 1. The van der Waals surface area contributed by atoms with Crippen LogP contribution in [0.1, 0.15) is 27.0 Å². The van der Waals surface area contributed by atoms with E-state index >= 15 is 0 Å². The van der Waals surface area contributed by atoms with E-state index in [0.717, 1.165) is 55.2 Å². The lowest BCUT2D eigenvalue weighted by Crippen LogP contribution is -2.48. The van der Waals surface area contributed by atoms with E-state index in [-0.39, 0.29) is 5.91 Å². The van der Waals surface area contributed by atoms with Crippen molar-refractivity contribution >= 4 is 5.91 Å². The highest BCUT2D eigenvalue weighted by molar-refractivity contribution is 5.95. The van der Waals surface area contributed by atoms with Crippen LogP contribution in [0.4, 0.5) is 0 Å². The summed E-state index contributed by atoms with van der Waals surface area (Å²) in [6, 6.07) is 14.3. The summed E-state index contributed by atoms with van der Waals surface area (Å²) in [6.07, 6.45) is 0. The maximum atomic E-state index is 12.8. The van der Waals surface area contributed by atoms with E-state index in [1.165, 1.54) is 5.56 Å². The molecule has 0 aromatic heterocycles. The second-order valence-electron chi connectivity index (χ2n) is 6.74. The fourth-order valence-corrected chi connectivity index (χ4v) is 3.27. The second kappa shape index (κ2) is 7.70. The van der Waals surface area contributed by atoms with Gasteiger partial charge in [0, 0.05) is 38.3 Å². The van der Waals surface area contributed by atoms with Gasteiger partial charge in [-0.3, -0.25) is 9.69 Å². The molecule has 25 heavy (non-hydrogen) atoms. The zero-order valence-electron chi connectivity index (χ0n) is 15.3. The molecule has 0 atom stereocenters. The van der Waals surface area contributed by atoms with Crippen molar-refractivity contribution in [3.63, 3.8) is 0 Å². The van der Waals surface area contributed by atoms with Crippen molar-refractivity contribution in [2.45, 2.75) is 20.4 Å². The Labute approximate surface area is 150 Å². The monoisotopic (exact) mass is 338 g/mol. The van der Waals surface area contributed by atoms with Gasteiger partial charge in [-0.05, 0) is 43.2 Å². The minimum absolute atomic E-state index is 0.155. The van der Waals surface area contributed by atoms with Crippen molar-refractivity contribution in [2.24, 2.45) is 0 Å². The standard InChI is InChI=1S/C21H26N2O2/c1-16-7-8-17(2)20(13-16)21(24)23-11-9-22(10-12-23)15-18-5-4-6-19(14-18)25-3/h4-8,13-14H,9-12,15H2,1-3H3. The van der Waals surface area contributed by atoms with E-state index in [9.17, 15) is 4.79 Å². The highest BCUT2D eigenvalue weighted by atomic mass is 16.5. The molecule has 132 valence electrons. The molecular weight excluding hydrogens is 312 g/mol. The van der Waals surface area contributed by atoms with Gasteiger partial charge < -0.3 is 9.64 Å². The molecule has 1 aliphatic rings. The molecule has 0 radical (unpaired) electrons. The predicted molar refractivity (Wildman–Crippen MR) is 100 cm³/mol. The minimum Gasteiger partial charge on any atom is -0.497 e. The van der Waals surface area contributed by atoms with Crippen LogP contribution in [0, 0.1) is 13.8 Å². The summed E-state index contributed by atoms with van der Waals surface area (Å²) in [5.74, 6) is 1.04. The first-order chi connectivity index (χ1) is 12.1. The molecule has 0 saturated carbocycles. The lowest BCUT2D eigenvalue weighted by molar-refractivity contribution is 0.0627. The summed E-state index contributed by atoms with van der Waals surface area (Å²) >= 11 is 0. The Bertz CT molecular complexity index is 749. The number of benzene rings is 2. The fraction of sp³-hybridized carbons (Fsp3) is 0.381. The molecular formula is C21H26N2O2. The van der Waals surface area contributed by atoms with Crippen LogP contribution in [-0.4, -0.2) is 49.0 Å². The molecule has 0 bridgehead atoms. The summed E-state index contributed by atoms with van der Waals surface area (Å²) in [6.45, 7) is 8.27. The molecule has 0 N–H and O–H groups in total. The Kier molecular flexibility index (Phi) is 5.39. The van der Waals surface area contributed by atoms with Gasteiger partial charge in [-0.1, -0.05) is 29.8 Å². The van der Waals surface area contributed by atoms with Gasteiger partial charge in [0.25, 0.3) is 5.91 Å². The van der Waals surface area contributed by atoms with E-state index in [1.54, 1.807) is 7.11 Å². The first kappa shape index (κ1) is 17.5. The van der Waals surface area contributed by atoms with Crippen molar-refractivity contribution in [2.75, 3.05) is 33.3 Å². The summed E-state index contributed by atoms with van der Waals surface area (Å²) in [5.41, 5.74) is 4.26. The van der Waals surface area contributed by atoms with Gasteiger partial charge in [0.1, 0.15) is 5.75 Å². The molecule has 4 nitrogen and oxygen atoms in total. The highest BCUT2D eigenvalue weighted by Crippen LogP contribution is 2.17. The number of hydrogen-bond donors (Lipinski definition) is 0. The summed E-state index contributed by atoms with van der Waals surface area (Å²) in [5, 5.41) is 0. The zero-order valence-corrected chi connectivity index (χ0v) is 15.3. The van der Waals surface area contributed by atoms with Gasteiger partial charge in [0.15, 0.2) is 0 Å². The Morgan fingerprint density at radius 2 is 1.80 bits per heavy atom. The molecule has 2 aromatic rings. The molecule has 3 rings (SSSR count). The van der Waals surface area contributed by atoms with Gasteiger partial charge >= 0.3 is 0 Å². The van der Waals surface area contributed by atoms with Gasteiger partial charge in [0.2, 0.25) is 0 Å². The number of carbonyl (C=O) groups excluding carboxylic acids is 1. The third-order valence-electron chi connectivity index (χ3n) is 4.82. The maximum Gasteiger partial charge on any atom is 0.254 e. The SMILES string of the molecule is COc1cccc(CN2CCN(C(=O)c3cc(C)ccc3C)CC2)c1. The first-order valence-corrected chi connectivity index (χ1v) is 8.78. The molecule has 1 fully saturated rings. The number of amides is 1. The third-order valence-corrected chi connectivity index (χ3v) is 4.82. The lowest BCUT2D eigenvalue weighted by Gasteiger charge is -2.35. The van der Waals surface area contributed by atoms with Gasteiger partial charge in [-0.2, -0.15) is 0 Å². The number of aryl methyl sites for hydroxylation is 2. The smallest absolute Gasteiger partial charge is 0.254 e. The Morgan fingerprint density at radius 1 is 1.04 bits per heavy atom. The summed E-state index contributed by atoms with van der Waals surface area (Å²) in [4.78, 5) is 17.2. The highest BCUT2D eigenvalue weighted by Gasteiger charge is 2.23. The van der Waals surface area contributed by atoms with Crippen molar-refractivity contribution < 1.29 is 9.53 Å². The molecule has 1 heterocycles. The van der Waals surface area contributed by atoms with Crippen LogP contribution in [0.15, 0.2) is 42.5 Å². The minimum atomic E-state index is 0.155. The van der Waals surface area contributed by atoms with Crippen LogP contribution in [-0.2, 0) is 6.54 Å². The van der Waals surface area contributed by atoms with Crippen molar-refractivity contribution in [1.29, 1.82) is 0 Å². The van der Waals surface area contributed by atoms with Crippen molar-refractivity contribution in [3.8, 4) is 5.75 Å². The molecule has 1 amide bonds. The molecule has 1 aliphatic heterocycles. The molecule has 1 saturated heterocycles. The van der Waals surface area contributed by atoms with Gasteiger partial charge in [0.05, 0.1) is 7.11 Å². The van der Waals surface area contributed by atoms with Crippen LogP contribution in [0.3, 0.4) is 0 Å². The quantitative estimate of drug-likeness (QED) is 0.858. The Morgan fingerprint density at radius 3 is 2.52 bits per heavy atom. The van der Waals surface area contributed by atoms with E-state index in [2.05, 4.69) is 23.1 Å². The summed E-state index contributed by atoms with van der Waals surface area (Å²) < 4.78 is 5.29. The number of nitrogens with zero attached hydrogens (tertiary/aromatic N) is 2. The van der Waals surface area contributed by atoms with Crippen LogP contribution >= 0.6 is 0 Å². The Hall–Kier alpha value is -2.33. The largest absolute Gasteiger partial charge is 0.497 e. The van der Waals surface area contributed by atoms with Crippen LogP contribution < -0.4 is 4.74 Å². The lowest BCUT2D eigenvalue weighted by atomic mass is 10.0. The zero-order chi connectivity index (χ0) is 17.8. The maximum absolute atomic E-state index is 12.8. The number of rotatable bonds is 4. The number of ether oxygens (including phenoxy) is 1. The molecule has 0 aliphatic carbocycles. The first-order valence-electron chi connectivity index (χ1n) is 8.78. The molecule has 0 spiro atoms. The second-order valence-corrected chi connectivity index (χ2v) is 6.74. The molecule has 4 heteroatoms.